The van der Waals surface area contributed by atoms with Gasteiger partial charge in [-0.2, -0.15) is 0 Å². The first-order valence-corrected chi connectivity index (χ1v) is 8.47. The maximum Gasteiger partial charge on any atom is 0.337 e. The van der Waals surface area contributed by atoms with Gasteiger partial charge in [-0.25, -0.2) is 4.79 Å². The number of nitrogens with two attached hydrogens (primary N) is 1. The summed E-state index contributed by atoms with van der Waals surface area (Å²) < 4.78 is 29.8. The molecule has 140 valence electrons. The Bertz CT molecular complexity index is 634. The average molecular weight is 355 g/mol. The highest BCUT2D eigenvalue weighted by molar-refractivity contribution is 5.79. The van der Waals surface area contributed by atoms with E-state index in [1.54, 1.807) is 33.8 Å². The van der Waals surface area contributed by atoms with E-state index in [-0.39, 0.29) is 6.61 Å². The molecule has 3 saturated heterocycles. The second-order valence-electron chi connectivity index (χ2n) is 8.24. The Balaban J connectivity index is 1.90. The Morgan fingerprint density at radius 3 is 2.36 bits per heavy atom. The number of esters is 1. The van der Waals surface area contributed by atoms with Crippen LogP contribution in [0, 0.1) is 5.92 Å². The summed E-state index contributed by atoms with van der Waals surface area (Å²) in [5.41, 5.74) is 4.06. The number of ether oxygens (including phenoxy) is 5. The van der Waals surface area contributed by atoms with E-state index in [1.165, 1.54) is 0 Å². The summed E-state index contributed by atoms with van der Waals surface area (Å²) >= 11 is 0. The van der Waals surface area contributed by atoms with Gasteiger partial charge in [-0.05, 0) is 27.7 Å². The number of carbonyl (C=O) groups excluding carboxylic acids is 1. The zero-order valence-electron chi connectivity index (χ0n) is 14.9. The number of rotatable bonds is 1. The van der Waals surface area contributed by atoms with Crippen molar-refractivity contribution < 1.29 is 33.6 Å². The highest BCUT2D eigenvalue weighted by atomic mass is 16.8. The van der Waals surface area contributed by atoms with Crippen LogP contribution in [0.3, 0.4) is 0 Å². The van der Waals surface area contributed by atoms with Crippen molar-refractivity contribution in [2.75, 3.05) is 6.61 Å². The first kappa shape index (κ1) is 17.4. The van der Waals surface area contributed by atoms with E-state index in [0.29, 0.717) is 0 Å². The smallest absolute Gasteiger partial charge is 0.337 e. The third-order valence-corrected chi connectivity index (χ3v) is 5.73. The number of aliphatic hydroxyl groups excluding tert-OH is 1. The lowest BCUT2D eigenvalue weighted by Gasteiger charge is -2.59. The van der Waals surface area contributed by atoms with Crippen molar-refractivity contribution in [3.63, 3.8) is 0 Å². The number of fused-ring (bicyclic) bond motifs is 6. The van der Waals surface area contributed by atoms with Crippen molar-refractivity contribution in [2.24, 2.45) is 11.7 Å². The van der Waals surface area contributed by atoms with Gasteiger partial charge < -0.3 is 34.5 Å². The molecule has 3 heterocycles. The Kier molecular flexibility index (Phi) is 3.35. The molecule has 1 saturated carbocycles. The van der Waals surface area contributed by atoms with Crippen LogP contribution in [0.1, 0.15) is 27.7 Å². The number of aliphatic hydroxyl groups is 1. The molecule has 8 heteroatoms. The van der Waals surface area contributed by atoms with Gasteiger partial charge >= 0.3 is 5.97 Å². The molecule has 3 aliphatic heterocycles. The second-order valence-corrected chi connectivity index (χ2v) is 8.24. The fourth-order valence-electron chi connectivity index (χ4n) is 4.72. The van der Waals surface area contributed by atoms with E-state index in [1.807, 2.05) is 0 Å². The van der Waals surface area contributed by atoms with Gasteiger partial charge in [-0.3, -0.25) is 0 Å². The Hall–Kier alpha value is -1.03. The Labute approximate surface area is 146 Å². The molecule has 1 aliphatic carbocycles. The largest absolute Gasteiger partial charge is 0.456 e. The lowest BCUT2D eigenvalue weighted by atomic mass is 9.59. The molecule has 0 aromatic carbocycles. The summed E-state index contributed by atoms with van der Waals surface area (Å²) in [6, 6.07) is 0. The molecular formula is C17H25NO7. The number of hydrogen-bond acceptors (Lipinski definition) is 8. The van der Waals surface area contributed by atoms with Crippen LogP contribution < -0.4 is 5.73 Å². The van der Waals surface area contributed by atoms with Gasteiger partial charge in [0, 0.05) is 5.92 Å². The molecule has 3 N–H and O–H groups in total. The van der Waals surface area contributed by atoms with Gasteiger partial charge in [0.15, 0.2) is 23.3 Å². The van der Waals surface area contributed by atoms with Gasteiger partial charge in [0.2, 0.25) is 0 Å². The summed E-state index contributed by atoms with van der Waals surface area (Å²) in [5, 5.41) is 10.5. The third kappa shape index (κ3) is 2.06. The summed E-state index contributed by atoms with van der Waals surface area (Å²) in [7, 11) is 0. The molecule has 0 radical (unpaired) electrons. The molecule has 4 rings (SSSR count). The third-order valence-electron chi connectivity index (χ3n) is 5.73. The molecule has 0 aromatic rings. The van der Waals surface area contributed by atoms with Crippen molar-refractivity contribution >= 4 is 5.97 Å². The standard InChI is InChI=1S/C17H25NO7/c1-6-8-10-16(7-21-14(2,3)25-16)11-12(24-15(4,5)23-11)17(8,18)9(19)13(20)22-10/h6,8-12,19H,1,7,18H2,2-5H3/t8-,9+,10+,11-,12+,16-,17-/m0/s1. The SMILES string of the molecule is C=C[C@H]1[C@H]2OC(=O)[C@@H](O)[C@]1(N)[C@@H]1OC(C)(C)O[C@@H]1[C@]21COC(C)(C)O1. The molecule has 7 atom stereocenters. The predicted octanol–water partition coefficient (Wildman–Crippen LogP) is -0.172. The van der Waals surface area contributed by atoms with Crippen LogP contribution in [-0.2, 0) is 28.5 Å². The highest BCUT2D eigenvalue weighted by Gasteiger charge is 2.77. The number of hydrogen-bond donors (Lipinski definition) is 2. The fraction of sp³-hybridized carbons (Fsp3) is 0.824. The van der Waals surface area contributed by atoms with Crippen LogP contribution in [0.25, 0.3) is 0 Å². The minimum Gasteiger partial charge on any atom is -0.456 e. The van der Waals surface area contributed by atoms with Crippen molar-refractivity contribution in [1.82, 2.24) is 0 Å². The molecule has 0 aromatic heterocycles. The molecule has 0 unspecified atom stereocenters. The highest BCUT2D eigenvalue weighted by Crippen LogP contribution is 2.56. The molecule has 8 nitrogen and oxygen atoms in total. The van der Waals surface area contributed by atoms with E-state index in [0.717, 1.165) is 0 Å². The van der Waals surface area contributed by atoms with Gasteiger partial charge in [0.25, 0.3) is 0 Å². The normalized spacial score (nSPS) is 52.7. The fourth-order valence-corrected chi connectivity index (χ4v) is 4.72. The van der Waals surface area contributed by atoms with E-state index in [4.69, 9.17) is 29.4 Å². The summed E-state index contributed by atoms with van der Waals surface area (Å²) in [4.78, 5) is 12.3. The molecule has 0 amide bonds. The minimum atomic E-state index is -1.55. The molecule has 1 spiro atoms. The van der Waals surface area contributed by atoms with Crippen molar-refractivity contribution in [1.29, 1.82) is 0 Å². The zero-order valence-corrected chi connectivity index (χ0v) is 14.9. The lowest BCUT2D eigenvalue weighted by molar-refractivity contribution is -0.278. The maximum atomic E-state index is 12.3. The first-order chi connectivity index (χ1) is 11.5. The van der Waals surface area contributed by atoms with Gasteiger partial charge in [0.1, 0.15) is 18.3 Å². The number of carbonyl (C=O) groups is 1. The van der Waals surface area contributed by atoms with Gasteiger partial charge in [-0.1, -0.05) is 6.08 Å². The van der Waals surface area contributed by atoms with Gasteiger partial charge in [0.05, 0.1) is 12.1 Å². The minimum absolute atomic E-state index is 0.148. The van der Waals surface area contributed by atoms with E-state index >= 15 is 0 Å². The van der Waals surface area contributed by atoms with Crippen LogP contribution in [0.15, 0.2) is 12.7 Å². The Morgan fingerprint density at radius 2 is 1.80 bits per heavy atom. The van der Waals surface area contributed by atoms with Crippen LogP contribution in [0.5, 0.6) is 0 Å². The molecule has 4 fully saturated rings. The van der Waals surface area contributed by atoms with Crippen LogP contribution in [0.2, 0.25) is 0 Å². The van der Waals surface area contributed by atoms with Crippen molar-refractivity contribution in [3.8, 4) is 0 Å². The quantitative estimate of drug-likeness (QED) is 0.493. The molecule has 25 heavy (non-hydrogen) atoms. The lowest BCUT2D eigenvalue weighted by Crippen LogP contribution is -2.83. The van der Waals surface area contributed by atoms with E-state index < -0.39 is 59.0 Å². The van der Waals surface area contributed by atoms with E-state index in [9.17, 15) is 9.90 Å². The molecular weight excluding hydrogens is 330 g/mol. The topological polar surface area (TPSA) is 109 Å². The molecule has 4 aliphatic rings. The summed E-state index contributed by atoms with van der Waals surface area (Å²) in [6.45, 7) is 11.1. The van der Waals surface area contributed by atoms with E-state index in [2.05, 4.69) is 6.58 Å². The zero-order chi connectivity index (χ0) is 18.4. The Morgan fingerprint density at radius 1 is 1.16 bits per heavy atom. The molecule has 2 bridgehead atoms. The maximum absolute atomic E-state index is 12.3. The van der Waals surface area contributed by atoms with Crippen LogP contribution in [0.4, 0.5) is 0 Å². The van der Waals surface area contributed by atoms with Crippen LogP contribution >= 0.6 is 0 Å². The summed E-state index contributed by atoms with van der Waals surface area (Å²) in [5.74, 6) is -3.23. The van der Waals surface area contributed by atoms with Crippen molar-refractivity contribution in [3.05, 3.63) is 12.7 Å². The summed E-state index contributed by atoms with van der Waals surface area (Å²) in [6.07, 6.45) is -2.22. The average Bonchev–Trinajstić information content (AvgIpc) is 3.01. The second kappa shape index (κ2) is 4.82. The predicted molar refractivity (Wildman–Crippen MR) is 84.2 cm³/mol. The first-order valence-electron chi connectivity index (χ1n) is 8.47. The van der Waals surface area contributed by atoms with Crippen LogP contribution in [-0.4, -0.2) is 64.8 Å². The van der Waals surface area contributed by atoms with Gasteiger partial charge in [-0.15, -0.1) is 6.58 Å². The van der Waals surface area contributed by atoms with Crippen molar-refractivity contribution in [2.45, 2.75) is 74.8 Å². The monoisotopic (exact) mass is 355 g/mol.